The second-order valence-corrected chi connectivity index (χ2v) is 10.5. The second kappa shape index (κ2) is 8.76. The molecule has 0 fully saturated rings. The number of pyridine rings is 1. The van der Waals surface area contributed by atoms with Gasteiger partial charge >= 0.3 is 0 Å². The molecular formula is C26H30N4O3S. The minimum Gasteiger partial charge on any atom is -0.494 e. The number of hydrogen-bond donors (Lipinski definition) is 1. The molecular weight excluding hydrogens is 448 g/mol. The topological polar surface area (TPSA) is 88.8 Å². The summed E-state index contributed by atoms with van der Waals surface area (Å²) in [5.74, 6) is 0.435. The molecule has 0 bridgehead atoms. The number of nitrogen functional groups attached to an aromatic ring is 1. The highest BCUT2D eigenvalue weighted by atomic mass is 32.1. The van der Waals surface area contributed by atoms with E-state index < -0.39 is 0 Å². The molecule has 0 unspecified atom stereocenters. The molecule has 7 nitrogen and oxygen atoms in total. The van der Waals surface area contributed by atoms with Crippen LogP contribution in [0.15, 0.2) is 36.4 Å². The number of aromatic nitrogens is 1. The lowest BCUT2D eigenvalue weighted by atomic mass is 9.78. The monoisotopic (exact) mass is 478 g/mol. The Hall–Kier alpha value is -3.39. The van der Waals surface area contributed by atoms with Crippen LogP contribution in [0.5, 0.6) is 5.75 Å². The molecule has 1 aliphatic heterocycles. The number of ether oxygens (including phenoxy) is 1. The van der Waals surface area contributed by atoms with E-state index in [9.17, 15) is 9.59 Å². The first-order valence-electron chi connectivity index (χ1n) is 11.1. The van der Waals surface area contributed by atoms with Crippen LogP contribution in [0, 0.1) is 6.92 Å². The number of para-hydroxylation sites is 1. The molecule has 3 heterocycles. The Bertz CT molecular complexity index is 1280. The molecule has 8 heteroatoms. The molecule has 4 rings (SSSR count). The van der Waals surface area contributed by atoms with Crippen LogP contribution < -0.4 is 10.5 Å². The molecule has 2 aromatic heterocycles. The van der Waals surface area contributed by atoms with Crippen molar-refractivity contribution < 1.29 is 14.3 Å². The summed E-state index contributed by atoms with van der Waals surface area (Å²) in [5.41, 5.74) is 10.6. The molecule has 1 aliphatic rings. The average Bonchev–Trinajstić information content (AvgIpc) is 3.15. The fourth-order valence-corrected chi connectivity index (χ4v) is 6.19. The van der Waals surface area contributed by atoms with Crippen molar-refractivity contribution in [3.05, 3.63) is 63.8 Å². The van der Waals surface area contributed by atoms with E-state index in [1.54, 1.807) is 27.3 Å². The fourth-order valence-electron chi connectivity index (χ4n) is 4.71. The number of nitrogens with two attached hydrogens (primary N) is 1. The van der Waals surface area contributed by atoms with Crippen LogP contribution in [0.3, 0.4) is 0 Å². The smallest absolute Gasteiger partial charge is 0.271 e. The van der Waals surface area contributed by atoms with E-state index in [-0.39, 0.29) is 17.2 Å². The van der Waals surface area contributed by atoms with Gasteiger partial charge in [0.2, 0.25) is 0 Å². The molecule has 34 heavy (non-hydrogen) atoms. The molecule has 0 aliphatic carbocycles. The summed E-state index contributed by atoms with van der Waals surface area (Å²) < 4.78 is 5.59. The van der Waals surface area contributed by atoms with Gasteiger partial charge in [-0.05, 0) is 42.3 Å². The van der Waals surface area contributed by atoms with Crippen LogP contribution in [-0.2, 0) is 12.0 Å². The zero-order valence-electron chi connectivity index (χ0n) is 20.4. The van der Waals surface area contributed by atoms with Gasteiger partial charge in [-0.15, -0.1) is 11.3 Å². The zero-order valence-corrected chi connectivity index (χ0v) is 21.2. The summed E-state index contributed by atoms with van der Waals surface area (Å²) in [6.07, 6.45) is 0. The number of methoxy groups -OCH3 is 1. The van der Waals surface area contributed by atoms with E-state index in [1.807, 2.05) is 35.2 Å². The number of anilines is 1. The predicted octanol–water partition coefficient (Wildman–Crippen LogP) is 4.34. The van der Waals surface area contributed by atoms with Gasteiger partial charge in [0, 0.05) is 36.5 Å². The first-order valence-corrected chi connectivity index (χ1v) is 11.9. The SMILES string of the molecule is COc1c(N)cccc1-c1sc2c(c1C)C(C)(C)CN(Cc1cccc(C(=O)N(C)C)n1)C2=O. The molecule has 178 valence electrons. The number of carbonyl (C=O) groups excluding carboxylic acids is 2. The van der Waals surface area contributed by atoms with E-state index in [1.165, 1.54) is 16.2 Å². The maximum absolute atomic E-state index is 13.6. The van der Waals surface area contributed by atoms with Crippen molar-refractivity contribution >= 4 is 28.8 Å². The largest absolute Gasteiger partial charge is 0.494 e. The number of hydrogen-bond acceptors (Lipinski definition) is 6. The Morgan fingerprint density at radius 1 is 1.21 bits per heavy atom. The predicted molar refractivity (Wildman–Crippen MR) is 135 cm³/mol. The third kappa shape index (κ3) is 4.03. The summed E-state index contributed by atoms with van der Waals surface area (Å²) in [6, 6.07) is 11.0. The van der Waals surface area contributed by atoms with Crippen LogP contribution in [0.25, 0.3) is 10.4 Å². The van der Waals surface area contributed by atoms with Gasteiger partial charge in [0.15, 0.2) is 0 Å². The Labute approximate surface area is 204 Å². The quantitative estimate of drug-likeness (QED) is 0.551. The number of rotatable bonds is 5. The molecule has 3 aromatic rings. The Morgan fingerprint density at radius 3 is 2.59 bits per heavy atom. The normalized spacial score (nSPS) is 14.6. The number of fused-ring (bicyclic) bond motifs is 1. The number of amides is 2. The lowest BCUT2D eigenvalue weighted by molar-refractivity contribution is 0.0677. The highest BCUT2D eigenvalue weighted by Gasteiger charge is 2.41. The molecule has 2 N–H and O–H groups in total. The molecule has 1 aromatic carbocycles. The lowest BCUT2D eigenvalue weighted by Crippen LogP contribution is -2.45. The minimum absolute atomic E-state index is 0.0253. The zero-order chi connectivity index (χ0) is 24.8. The fraction of sp³-hybridized carbons (Fsp3) is 0.346. The molecule has 0 atom stereocenters. The number of nitrogens with zero attached hydrogens (tertiary/aromatic N) is 3. The first kappa shape index (κ1) is 23.8. The van der Waals surface area contributed by atoms with Crippen molar-refractivity contribution in [2.24, 2.45) is 0 Å². The lowest BCUT2D eigenvalue weighted by Gasteiger charge is -2.38. The van der Waals surface area contributed by atoms with E-state index >= 15 is 0 Å². The van der Waals surface area contributed by atoms with Gasteiger partial charge in [0.05, 0.1) is 29.9 Å². The van der Waals surface area contributed by atoms with Crippen molar-refractivity contribution in [1.82, 2.24) is 14.8 Å². The summed E-state index contributed by atoms with van der Waals surface area (Å²) in [6.45, 7) is 7.27. The van der Waals surface area contributed by atoms with Crippen LogP contribution in [-0.4, -0.2) is 54.3 Å². The standard InChI is InChI=1S/C26H30N4O3S/c1-15-20-23(34-22(15)17-10-8-11-18(27)21(17)33-6)25(32)30(14-26(20,2)3)13-16-9-7-12-19(28-16)24(31)29(4)5/h7-12H,13-14,27H2,1-6H3. The maximum atomic E-state index is 13.6. The van der Waals surface area contributed by atoms with E-state index in [2.05, 4.69) is 25.8 Å². The van der Waals surface area contributed by atoms with Crippen molar-refractivity contribution in [3.8, 4) is 16.2 Å². The van der Waals surface area contributed by atoms with Crippen molar-refractivity contribution in [2.45, 2.75) is 32.7 Å². The minimum atomic E-state index is -0.257. The molecule has 0 radical (unpaired) electrons. The van der Waals surface area contributed by atoms with Crippen molar-refractivity contribution in [1.29, 1.82) is 0 Å². The van der Waals surface area contributed by atoms with Gasteiger partial charge in [-0.25, -0.2) is 4.98 Å². The van der Waals surface area contributed by atoms with Crippen LogP contribution in [0.4, 0.5) is 5.69 Å². The van der Waals surface area contributed by atoms with E-state index in [0.717, 1.165) is 26.4 Å². The van der Waals surface area contributed by atoms with Gasteiger partial charge in [-0.1, -0.05) is 26.0 Å². The Balaban J connectivity index is 1.73. The first-order chi connectivity index (χ1) is 16.0. The summed E-state index contributed by atoms with van der Waals surface area (Å²) >= 11 is 1.48. The Kier molecular flexibility index (Phi) is 6.12. The van der Waals surface area contributed by atoms with Gasteiger partial charge in [0.25, 0.3) is 11.8 Å². The van der Waals surface area contributed by atoms with E-state index in [0.29, 0.717) is 35.9 Å². The highest BCUT2D eigenvalue weighted by molar-refractivity contribution is 7.18. The van der Waals surface area contributed by atoms with Crippen LogP contribution in [0.1, 0.15) is 50.8 Å². The Morgan fingerprint density at radius 2 is 1.91 bits per heavy atom. The summed E-state index contributed by atoms with van der Waals surface area (Å²) in [5, 5.41) is 0. The average molecular weight is 479 g/mol. The van der Waals surface area contributed by atoms with Crippen LogP contribution >= 0.6 is 11.3 Å². The van der Waals surface area contributed by atoms with Gasteiger partial charge in [0.1, 0.15) is 11.4 Å². The van der Waals surface area contributed by atoms with Gasteiger partial charge in [-0.3, -0.25) is 9.59 Å². The summed E-state index contributed by atoms with van der Waals surface area (Å²) in [4.78, 5) is 35.5. The molecule has 2 amide bonds. The van der Waals surface area contributed by atoms with Crippen molar-refractivity contribution in [3.63, 3.8) is 0 Å². The summed E-state index contributed by atoms with van der Waals surface area (Å²) in [7, 11) is 5.00. The van der Waals surface area contributed by atoms with Crippen LogP contribution in [0.2, 0.25) is 0 Å². The second-order valence-electron chi connectivity index (χ2n) is 9.45. The van der Waals surface area contributed by atoms with Gasteiger partial charge < -0.3 is 20.3 Å². The molecule has 0 saturated heterocycles. The van der Waals surface area contributed by atoms with Gasteiger partial charge in [-0.2, -0.15) is 0 Å². The molecule has 0 saturated carbocycles. The third-order valence-electron chi connectivity index (χ3n) is 6.17. The van der Waals surface area contributed by atoms with E-state index in [4.69, 9.17) is 10.5 Å². The van der Waals surface area contributed by atoms with Crippen molar-refractivity contribution in [2.75, 3.05) is 33.5 Å². The maximum Gasteiger partial charge on any atom is 0.271 e. The number of benzene rings is 1. The third-order valence-corrected chi connectivity index (χ3v) is 7.48. The molecule has 0 spiro atoms. The number of carbonyl (C=O) groups is 2. The highest BCUT2D eigenvalue weighted by Crippen LogP contribution is 2.48. The number of thiophene rings is 1.